The molecule has 1 saturated heterocycles. The minimum absolute atomic E-state index is 0.00661. The van der Waals surface area contributed by atoms with Crippen molar-refractivity contribution in [1.82, 2.24) is 15.5 Å². The summed E-state index contributed by atoms with van der Waals surface area (Å²) in [6, 6.07) is 3.41. The van der Waals surface area contributed by atoms with Gasteiger partial charge in [-0.3, -0.25) is 14.5 Å². The van der Waals surface area contributed by atoms with E-state index < -0.39 is 0 Å². The summed E-state index contributed by atoms with van der Waals surface area (Å²) in [6.07, 6.45) is 11.5. The van der Waals surface area contributed by atoms with Crippen LogP contribution in [0.5, 0.6) is 0 Å². The van der Waals surface area contributed by atoms with E-state index in [1.54, 1.807) is 12.3 Å². The Balaban J connectivity index is 1.38. The third-order valence-electron chi connectivity index (χ3n) is 5.18. The molecule has 1 aromatic heterocycles. The summed E-state index contributed by atoms with van der Waals surface area (Å²) in [5.41, 5.74) is 1.47. The predicted molar refractivity (Wildman–Crippen MR) is 99.3 cm³/mol. The van der Waals surface area contributed by atoms with Crippen molar-refractivity contribution in [3.05, 3.63) is 35.8 Å². The number of amides is 2. The van der Waals surface area contributed by atoms with Crippen molar-refractivity contribution < 1.29 is 14.0 Å². The molecular formula is C20H29N3O3. The summed E-state index contributed by atoms with van der Waals surface area (Å²) >= 11 is 0. The minimum Gasteiger partial charge on any atom is -0.467 e. The van der Waals surface area contributed by atoms with Crippen LogP contribution in [0.15, 0.2) is 34.5 Å². The average molecular weight is 359 g/mol. The Morgan fingerprint density at radius 3 is 2.92 bits per heavy atom. The molecule has 26 heavy (non-hydrogen) atoms. The number of carbonyl (C=O) groups is 2. The third kappa shape index (κ3) is 5.46. The van der Waals surface area contributed by atoms with Crippen LogP contribution in [0.3, 0.4) is 0 Å². The first-order valence-electron chi connectivity index (χ1n) is 9.71. The number of carbonyl (C=O) groups excluding carboxylic acids is 2. The topological polar surface area (TPSA) is 74.6 Å². The first-order valence-corrected chi connectivity index (χ1v) is 9.71. The molecule has 1 fully saturated rings. The van der Waals surface area contributed by atoms with Gasteiger partial charge in [-0.1, -0.05) is 11.6 Å². The zero-order valence-corrected chi connectivity index (χ0v) is 15.3. The van der Waals surface area contributed by atoms with E-state index in [-0.39, 0.29) is 24.4 Å². The second-order valence-corrected chi connectivity index (χ2v) is 7.13. The lowest BCUT2D eigenvalue weighted by atomic mass is 9.97. The van der Waals surface area contributed by atoms with Crippen LogP contribution in [0.2, 0.25) is 0 Å². The normalized spacial score (nSPS) is 20.6. The minimum atomic E-state index is -0.225. The van der Waals surface area contributed by atoms with Gasteiger partial charge in [0, 0.05) is 6.54 Å². The molecule has 1 unspecified atom stereocenters. The lowest BCUT2D eigenvalue weighted by molar-refractivity contribution is -0.127. The Labute approximate surface area is 155 Å². The maximum Gasteiger partial charge on any atom is 0.237 e. The fourth-order valence-corrected chi connectivity index (χ4v) is 3.75. The van der Waals surface area contributed by atoms with Crippen LogP contribution in [0.1, 0.15) is 50.7 Å². The monoisotopic (exact) mass is 359 g/mol. The van der Waals surface area contributed by atoms with E-state index in [0.29, 0.717) is 13.1 Å². The number of allylic oxidation sites excluding steroid dienone is 1. The van der Waals surface area contributed by atoms with Crippen molar-refractivity contribution >= 4 is 11.8 Å². The molecule has 2 N–H and O–H groups in total. The summed E-state index contributed by atoms with van der Waals surface area (Å²) in [7, 11) is 0. The van der Waals surface area contributed by atoms with E-state index in [9.17, 15) is 9.59 Å². The lowest BCUT2D eigenvalue weighted by Crippen LogP contribution is -2.47. The number of likely N-dealkylation sites (tertiary alicyclic amines) is 1. The number of rotatable bonds is 8. The standard InChI is InChI=1S/C20H29N3O3/c24-19(21-11-10-16-6-2-1-3-7-16)15-23-12-4-9-18(23)20(25)22-14-17-8-5-13-26-17/h5-6,8,13,18H,1-4,7,9-12,14-15H2,(H,21,24)(H,22,25). The van der Waals surface area contributed by atoms with E-state index in [2.05, 4.69) is 16.7 Å². The SMILES string of the molecule is O=C(CN1CCCC1C(=O)NCc1ccco1)NCCC1=CCCCC1. The Kier molecular flexibility index (Phi) is 6.89. The van der Waals surface area contributed by atoms with Crippen LogP contribution in [0.4, 0.5) is 0 Å². The van der Waals surface area contributed by atoms with Crippen molar-refractivity contribution in [2.24, 2.45) is 0 Å². The molecule has 6 nitrogen and oxygen atoms in total. The number of nitrogens with zero attached hydrogens (tertiary/aromatic N) is 1. The van der Waals surface area contributed by atoms with Crippen LogP contribution in [-0.4, -0.2) is 42.4 Å². The maximum atomic E-state index is 12.4. The van der Waals surface area contributed by atoms with Crippen LogP contribution in [0.25, 0.3) is 0 Å². The van der Waals surface area contributed by atoms with Crippen LogP contribution in [-0.2, 0) is 16.1 Å². The summed E-state index contributed by atoms with van der Waals surface area (Å²) in [5, 5.41) is 5.91. The Morgan fingerprint density at radius 1 is 1.23 bits per heavy atom. The second-order valence-electron chi connectivity index (χ2n) is 7.13. The van der Waals surface area contributed by atoms with Crippen molar-refractivity contribution in [2.75, 3.05) is 19.6 Å². The highest BCUT2D eigenvalue weighted by Crippen LogP contribution is 2.19. The molecule has 1 atom stereocenters. The highest BCUT2D eigenvalue weighted by Gasteiger charge is 2.31. The quantitative estimate of drug-likeness (QED) is 0.699. The number of hydrogen-bond donors (Lipinski definition) is 2. The van der Waals surface area contributed by atoms with Crippen LogP contribution < -0.4 is 10.6 Å². The fraction of sp³-hybridized carbons (Fsp3) is 0.600. The third-order valence-corrected chi connectivity index (χ3v) is 5.18. The summed E-state index contributed by atoms with van der Waals surface area (Å²) in [4.78, 5) is 26.6. The molecule has 0 bridgehead atoms. The molecular weight excluding hydrogens is 330 g/mol. The second kappa shape index (κ2) is 9.57. The molecule has 3 rings (SSSR count). The summed E-state index contributed by atoms with van der Waals surface area (Å²) in [5.74, 6) is 0.712. The molecule has 6 heteroatoms. The summed E-state index contributed by atoms with van der Waals surface area (Å²) in [6.45, 7) is 2.15. The van der Waals surface area contributed by atoms with E-state index >= 15 is 0 Å². The molecule has 1 aliphatic carbocycles. The first kappa shape index (κ1) is 18.7. The number of hydrogen-bond acceptors (Lipinski definition) is 4. The van der Waals surface area contributed by atoms with Gasteiger partial charge in [-0.15, -0.1) is 0 Å². The Morgan fingerprint density at radius 2 is 2.15 bits per heavy atom. The van der Waals surface area contributed by atoms with Gasteiger partial charge in [0.1, 0.15) is 5.76 Å². The molecule has 2 amide bonds. The van der Waals surface area contributed by atoms with Gasteiger partial charge in [0.2, 0.25) is 11.8 Å². The van der Waals surface area contributed by atoms with Gasteiger partial charge in [-0.05, 0) is 63.6 Å². The number of nitrogens with one attached hydrogen (secondary N) is 2. The lowest BCUT2D eigenvalue weighted by Gasteiger charge is -2.23. The maximum absolute atomic E-state index is 12.4. The molecule has 0 saturated carbocycles. The van der Waals surface area contributed by atoms with E-state index in [0.717, 1.165) is 31.6 Å². The first-order chi connectivity index (χ1) is 12.7. The smallest absolute Gasteiger partial charge is 0.237 e. The average Bonchev–Trinajstić information content (AvgIpc) is 3.32. The number of furan rings is 1. The van der Waals surface area contributed by atoms with Gasteiger partial charge in [0.05, 0.1) is 25.4 Å². The molecule has 0 spiro atoms. The Bertz CT molecular complexity index is 624. The summed E-state index contributed by atoms with van der Waals surface area (Å²) < 4.78 is 5.24. The largest absolute Gasteiger partial charge is 0.467 e. The van der Waals surface area contributed by atoms with Gasteiger partial charge in [-0.2, -0.15) is 0 Å². The van der Waals surface area contributed by atoms with Crippen molar-refractivity contribution in [3.63, 3.8) is 0 Å². The molecule has 2 heterocycles. The van der Waals surface area contributed by atoms with E-state index in [1.165, 1.54) is 31.3 Å². The molecule has 0 aromatic carbocycles. The van der Waals surface area contributed by atoms with Gasteiger partial charge in [0.25, 0.3) is 0 Å². The van der Waals surface area contributed by atoms with Crippen molar-refractivity contribution in [1.29, 1.82) is 0 Å². The molecule has 1 aromatic rings. The molecule has 2 aliphatic rings. The molecule has 142 valence electrons. The highest BCUT2D eigenvalue weighted by molar-refractivity contribution is 5.84. The zero-order chi connectivity index (χ0) is 18.2. The zero-order valence-electron chi connectivity index (χ0n) is 15.3. The van der Waals surface area contributed by atoms with Gasteiger partial charge >= 0.3 is 0 Å². The van der Waals surface area contributed by atoms with Crippen LogP contribution >= 0.6 is 0 Å². The fourth-order valence-electron chi connectivity index (χ4n) is 3.75. The van der Waals surface area contributed by atoms with Crippen molar-refractivity contribution in [2.45, 2.75) is 57.5 Å². The van der Waals surface area contributed by atoms with Gasteiger partial charge < -0.3 is 15.1 Å². The van der Waals surface area contributed by atoms with Crippen molar-refractivity contribution in [3.8, 4) is 0 Å². The van der Waals surface area contributed by atoms with E-state index in [1.807, 2.05) is 11.0 Å². The van der Waals surface area contributed by atoms with Crippen LogP contribution in [0, 0.1) is 0 Å². The molecule has 1 aliphatic heterocycles. The van der Waals surface area contributed by atoms with E-state index in [4.69, 9.17) is 4.42 Å². The predicted octanol–water partition coefficient (Wildman–Crippen LogP) is 2.37. The van der Waals surface area contributed by atoms with Gasteiger partial charge in [0.15, 0.2) is 0 Å². The van der Waals surface area contributed by atoms with Gasteiger partial charge in [-0.25, -0.2) is 0 Å². The highest BCUT2D eigenvalue weighted by atomic mass is 16.3. The Hall–Kier alpha value is -2.08. The molecule has 0 radical (unpaired) electrons.